The van der Waals surface area contributed by atoms with Crippen molar-refractivity contribution in [3.05, 3.63) is 0 Å². The van der Waals surface area contributed by atoms with E-state index in [0.29, 0.717) is 4.83 Å². The zero-order valence-electron chi connectivity index (χ0n) is 12.9. The van der Waals surface area contributed by atoms with Gasteiger partial charge in [0.25, 0.3) is 0 Å². The summed E-state index contributed by atoms with van der Waals surface area (Å²) >= 11 is 15.3. The minimum absolute atomic E-state index is 0.0398. The maximum absolute atomic E-state index is 12.8. The predicted octanol–water partition coefficient (Wildman–Crippen LogP) is 4.66. The zero-order chi connectivity index (χ0) is 16.6. The van der Waals surface area contributed by atoms with E-state index in [1.165, 1.54) is 0 Å². The SMILES string of the molecule is C[C@@]1(Br)C2[C@H]3OC(=O)[C@]4(CC4(Br)Br)[C@@H]3CC[C@]3(C)O[C@]23C[C@H]1Br. The van der Waals surface area contributed by atoms with Crippen LogP contribution in [0.5, 0.6) is 0 Å². The predicted molar refractivity (Wildman–Crippen MR) is 101 cm³/mol. The van der Waals surface area contributed by atoms with Crippen molar-refractivity contribution in [1.82, 2.24) is 0 Å². The normalized spacial score (nSPS) is 64.7. The van der Waals surface area contributed by atoms with Crippen LogP contribution < -0.4 is 0 Å². The number of ether oxygens (including phenoxy) is 2. The lowest BCUT2D eigenvalue weighted by Gasteiger charge is -2.35. The molecule has 2 saturated heterocycles. The number of hydrogen-bond donors (Lipinski definition) is 0. The van der Waals surface area contributed by atoms with Crippen molar-refractivity contribution in [2.75, 3.05) is 0 Å². The molecular weight excluding hydrogens is 560 g/mol. The van der Waals surface area contributed by atoms with Crippen LogP contribution in [-0.2, 0) is 14.3 Å². The lowest BCUT2D eigenvalue weighted by atomic mass is 9.75. The second-order valence-electron chi connectivity index (χ2n) is 8.39. The summed E-state index contributed by atoms with van der Waals surface area (Å²) in [6.07, 6.45) is 3.70. The highest BCUT2D eigenvalue weighted by Gasteiger charge is 2.86. The lowest BCUT2D eigenvalue weighted by Crippen LogP contribution is -2.45. The first kappa shape index (κ1) is 16.5. The second kappa shape index (κ2) is 4.26. The number of carbonyl (C=O) groups is 1. The van der Waals surface area contributed by atoms with Gasteiger partial charge in [-0.1, -0.05) is 63.7 Å². The average Bonchev–Trinajstić information content (AvgIpc) is 3.12. The van der Waals surface area contributed by atoms with E-state index in [-0.39, 0.29) is 42.7 Å². The Labute approximate surface area is 169 Å². The Morgan fingerprint density at radius 3 is 2.48 bits per heavy atom. The van der Waals surface area contributed by atoms with E-state index in [4.69, 9.17) is 9.47 Å². The standard InChI is InChI=1S/C16H18Br4O3/c1-12-4-3-7-9(22-11(21)14(7)6-16(14,19)20)10-13(2,18)8(17)5-15(10,12)23-12/h7-10H,3-6H2,1-2H3/t7-,8-,9+,10?,12+,13+,14+,15-/m1/s1. The first-order chi connectivity index (χ1) is 10.5. The molecule has 0 aromatic rings. The molecule has 0 N–H and O–H groups in total. The number of rotatable bonds is 0. The molecule has 1 unspecified atom stereocenters. The van der Waals surface area contributed by atoms with Crippen LogP contribution in [0, 0.1) is 17.3 Å². The van der Waals surface area contributed by atoms with Crippen LogP contribution in [0.15, 0.2) is 0 Å². The monoisotopic (exact) mass is 574 g/mol. The molecule has 2 aliphatic heterocycles. The first-order valence-corrected chi connectivity index (χ1v) is 11.4. The van der Waals surface area contributed by atoms with Crippen LogP contribution in [0.25, 0.3) is 0 Å². The highest BCUT2D eigenvalue weighted by molar-refractivity contribution is 9.25. The van der Waals surface area contributed by atoms with E-state index in [9.17, 15) is 4.79 Å². The highest BCUT2D eigenvalue weighted by atomic mass is 79.9. The van der Waals surface area contributed by atoms with Gasteiger partial charge in [-0.05, 0) is 39.5 Å². The molecule has 3 nitrogen and oxygen atoms in total. The minimum Gasteiger partial charge on any atom is -0.461 e. The molecule has 0 aromatic carbocycles. The number of hydrogen-bond acceptors (Lipinski definition) is 3. The third-order valence-corrected chi connectivity index (χ3v) is 12.3. The van der Waals surface area contributed by atoms with Gasteiger partial charge >= 0.3 is 5.97 Å². The molecule has 2 spiro atoms. The quantitative estimate of drug-likeness (QED) is 0.239. The van der Waals surface area contributed by atoms with Gasteiger partial charge in [-0.25, -0.2) is 0 Å². The Morgan fingerprint density at radius 2 is 1.87 bits per heavy atom. The van der Waals surface area contributed by atoms with Crippen LogP contribution in [0.3, 0.4) is 0 Å². The molecule has 0 amide bonds. The number of alkyl halides is 4. The fourth-order valence-corrected chi connectivity index (χ4v) is 9.29. The van der Waals surface area contributed by atoms with Crippen molar-refractivity contribution in [3.8, 4) is 0 Å². The first-order valence-electron chi connectivity index (χ1n) is 8.14. The van der Waals surface area contributed by atoms with Crippen molar-refractivity contribution in [1.29, 1.82) is 0 Å². The van der Waals surface area contributed by atoms with Gasteiger partial charge in [-0.3, -0.25) is 4.79 Å². The van der Waals surface area contributed by atoms with E-state index < -0.39 is 5.41 Å². The third kappa shape index (κ3) is 1.65. The lowest BCUT2D eigenvalue weighted by molar-refractivity contribution is -0.147. The molecule has 5 rings (SSSR count). The fourth-order valence-electron chi connectivity index (χ4n) is 5.93. The molecule has 128 valence electrons. The summed E-state index contributed by atoms with van der Waals surface area (Å²) in [5.41, 5.74) is -0.649. The van der Waals surface area contributed by atoms with Gasteiger partial charge in [-0.2, -0.15) is 0 Å². The average molecular weight is 578 g/mol. The summed E-state index contributed by atoms with van der Waals surface area (Å²) < 4.78 is 12.0. The molecule has 3 aliphatic carbocycles. The number of epoxide rings is 1. The number of fused-ring (bicyclic) bond motifs is 3. The maximum Gasteiger partial charge on any atom is 0.315 e. The van der Waals surface area contributed by atoms with Crippen molar-refractivity contribution in [2.24, 2.45) is 17.3 Å². The maximum atomic E-state index is 12.8. The third-order valence-electron chi connectivity index (χ3n) is 7.39. The largest absolute Gasteiger partial charge is 0.461 e. The molecule has 2 heterocycles. The summed E-state index contributed by atoms with van der Waals surface area (Å²) in [4.78, 5) is 13.1. The van der Waals surface area contributed by atoms with Crippen molar-refractivity contribution < 1.29 is 14.3 Å². The van der Waals surface area contributed by atoms with Crippen LogP contribution in [0.4, 0.5) is 0 Å². The fraction of sp³-hybridized carbons (Fsp3) is 0.938. The number of carbonyl (C=O) groups excluding carboxylic acids is 1. The Balaban J connectivity index is 1.63. The van der Waals surface area contributed by atoms with Gasteiger partial charge in [0.05, 0.1) is 8.83 Å². The van der Waals surface area contributed by atoms with Crippen molar-refractivity contribution in [3.63, 3.8) is 0 Å². The minimum atomic E-state index is -0.403. The topological polar surface area (TPSA) is 38.8 Å². The molecule has 0 aromatic heterocycles. The molecule has 5 aliphatic rings. The summed E-state index contributed by atoms with van der Waals surface area (Å²) in [6, 6.07) is 0. The van der Waals surface area contributed by atoms with Crippen LogP contribution in [-0.4, -0.2) is 35.7 Å². The molecule has 0 bridgehead atoms. The van der Waals surface area contributed by atoms with Crippen LogP contribution >= 0.6 is 63.7 Å². The second-order valence-corrected chi connectivity index (χ2v) is 15.0. The Kier molecular flexibility index (Phi) is 3.06. The molecule has 3 saturated carbocycles. The van der Waals surface area contributed by atoms with Crippen LogP contribution in [0.2, 0.25) is 0 Å². The Hall–Kier alpha value is 1.35. The number of esters is 1. The molecule has 8 atom stereocenters. The molecule has 7 heteroatoms. The summed E-state index contributed by atoms with van der Waals surface area (Å²) in [6.45, 7) is 4.46. The molecule has 5 fully saturated rings. The van der Waals surface area contributed by atoms with E-state index in [1.54, 1.807) is 0 Å². The summed E-state index contributed by atoms with van der Waals surface area (Å²) in [5, 5.41) is 0. The highest BCUT2D eigenvalue weighted by Crippen LogP contribution is 2.79. The van der Waals surface area contributed by atoms with E-state index >= 15 is 0 Å². The van der Waals surface area contributed by atoms with Crippen molar-refractivity contribution >= 4 is 69.7 Å². The van der Waals surface area contributed by atoms with Crippen molar-refractivity contribution in [2.45, 2.75) is 69.2 Å². The van der Waals surface area contributed by atoms with Gasteiger partial charge in [0.15, 0.2) is 0 Å². The van der Waals surface area contributed by atoms with E-state index in [1.807, 2.05) is 0 Å². The van der Waals surface area contributed by atoms with E-state index in [0.717, 1.165) is 25.7 Å². The Bertz CT molecular complexity index is 637. The van der Waals surface area contributed by atoms with E-state index in [2.05, 4.69) is 77.6 Å². The smallest absolute Gasteiger partial charge is 0.315 e. The van der Waals surface area contributed by atoms with Gasteiger partial charge < -0.3 is 9.47 Å². The number of halogens is 4. The van der Waals surface area contributed by atoms with Gasteiger partial charge in [0.1, 0.15) is 17.1 Å². The zero-order valence-corrected chi connectivity index (χ0v) is 19.2. The molecule has 23 heavy (non-hydrogen) atoms. The molecule has 0 radical (unpaired) electrons. The Morgan fingerprint density at radius 1 is 1.22 bits per heavy atom. The van der Waals surface area contributed by atoms with Gasteiger partial charge in [0.2, 0.25) is 0 Å². The summed E-state index contributed by atoms with van der Waals surface area (Å²) in [7, 11) is 0. The van der Waals surface area contributed by atoms with Crippen LogP contribution in [0.1, 0.15) is 39.5 Å². The van der Waals surface area contributed by atoms with Gasteiger partial charge in [0, 0.05) is 21.0 Å². The van der Waals surface area contributed by atoms with Gasteiger partial charge in [-0.15, -0.1) is 0 Å². The summed E-state index contributed by atoms with van der Waals surface area (Å²) in [5.74, 6) is 0.386. The molecular formula is C16H18Br4O3.